The van der Waals surface area contributed by atoms with Gasteiger partial charge in [-0.25, -0.2) is 0 Å². The van der Waals surface area contributed by atoms with Crippen LogP contribution in [0.2, 0.25) is 5.02 Å². The molecule has 0 saturated heterocycles. The van der Waals surface area contributed by atoms with E-state index in [4.69, 9.17) is 11.6 Å². The first-order valence-electron chi connectivity index (χ1n) is 12.0. The molecular weight excluding hydrogens is 458 g/mol. The maximum Gasteiger partial charge on any atom is 0.247 e. The number of likely N-dealkylation sites (N-methyl/N-ethyl adjacent to an activating group) is 1. The topological polar surface area (TPSA) is 45.6 Å². The van der Waals surface area contributed by atoms with Crippen LogP contribution >= 0.6 is 11.6 Å². The van der Waals surface area contributed by atoms with Gasteiger partial charge in [0, 0.05) is 42.6 Å². The third-order valence-corrected chi connectivity index (χ3v) is 6.12. The highest BCUT2D eigenvalue weighted by Crippen LogP contribution is 2.18. The van der Waals surface area contributed by atoms with Gasteiger partial charge in [-0.15, -0.1) is 0 Å². The molecule has 3 aromatic rings. The molecule has 0 fully saturated rings. The molecule has 0 unspecified atom stereocenters. The molecule has 0 N–H and O–H groups in total. The van der Waals surface area contributed by atoms with Gasteiger partial charge >= 0.3 is 0 Å². The number of benzene rings is 2. The summed E-state index contributed by atoms with van der Waals surface area (Å²) < 4.78 is 2.12. The van der Waals surface area contributed by atoms with Crippen LogP contribution in [0.3, 0.4) is 0 Å². The highest BCUT2D eigenvalue weighted by molar-refractivity contribution is 6.31. The van der Waals surface area contributed by atoms with Crippen molar-refractivity contribution in [3.8, 4) is 0 Å². The fraction of sp³-hybridized carbons (Fsp3) is 0.310. The lowest BCUT2D eigenvalue weighted by Gasteiger charge is -2.28. The molecule has 0 radical (unpaired) electrons. The lowest BCUT2D eigenvalue weighted by atomic mass is 10.2. The Morgan fingerprint density at radius 3 is 2.37 bits per heavy atom. The molecule has 35 heavy (non-hydrogen) atoms. The number of halogens is 1. The third kappa shape index (κ3) is 7.86. The first kappa shape index (κ1) is 26.3. The molecule has 5 nitrogen and oxygen atoms in total. The van der Waals surface area contributed by atoms with Crippen LogP contribution in [0.1, 0.15) is 37.6 Å². The minimum absolute atomic E-state index is 0.0480. The Balaban J connectivity index is 1.70. The Hall–Kier alpha value is -3.31. The number of hydrogen-bond acceptors (Lipinski definition) is 2. The minimum Gasteiger partial charge on any atom is -0.345 e. The average Bonchev–Trinajstić information content (AvgIpc) is 3.28. The van der Waals surface area contributed by atoms with Gasteiger partial charge in [0.2, 0.25) is 11.8 Å². The highest BCUT2D eigenvalue weighted by atomic mass is 35.5. The highest BCUT2D eigenvalue weighted by Gasteiger charge is 2.21. The summed E-state index contributed by atoms with van der Waals surface area (Å²) in [4.78, 5) is 29.6. The Morgan fingerprint density at radius 2 is 1.69 bits per heavy atom. The number of nitrogens with zero attached hydrogens (tertiary/aromatic N) is 3. The summed E-state index contributed by atoms with van der Waals surface area (Å²) in [6, 6.07) is 21.5. The Morgan fingerprint density at radius 1 is 0.971 bits per heavy atom. The summed E-state index contributed by atoms with van der Waals surface area (Å²) in [6.45, 7) is 8.30. The van der Waals surface area contributed by atoms with Crippen LogP contribution in [0.4, 0.5) is 0 Å². The first-order chi connectivity index (χ1) is 16.9. The van der Waals surface area contributed by atoms with Gasteiger partial charge in [0.25, 0.3) is 0 Å². The lowest BCUT2D eigenvalue weighted by Crippen LogP contribution is -2.43. The molecule has 0 saturated carbocycles. The SMILES string of the molecule is CCN(CC(=O)N(Cc1cccn1Cc1ccccc1Cl)CC(C)C)C(=O)/C=C/c1ccccc1. The fourth-order valence-electron chi connectivity index (χ4n) is 3.89. The molecule has 3 rings (SSSR count). The van der Waals surface area contributed by atoms with Crippen molar-refractivity contribution in [2.24, 2.45) is 5.92 Å². The molecule has 0 spiro atoms. The maximum absolute atomic E-state index is 13.4. The minimum atomic E-state index is -0.170. The van der Waals surface area contributed by atoms with Crippen LogP contribution in [0.25, 0.3) is 6.08 Å². The summed E-state index contributed by atoms with van der Waals surface area (Å²) >= 11 is 6.37. The van der Waals surface area contributed by atoms with Crippen molar-refractivity contribution in [1.29, 1.82) is 0 Å². The quantitative estimate of drug-likeness (QED) is 0.321. The summed E-state index contributed by atoms with van der Waals surface area (Å²) in [6.07, 6.45) is 5.32. The van der Waals surface area contributed by atoms with E-state index in [9.17, 15) is 9.59 Å². The fourth-order valence-corrected chi connectivity index (χ4v) is 4.09. The van der Waals surface area contributed by atoms with Gasteiger partial charge in [-0.2, -0.15) is 0 Å². The van der Waals surface area contributed by atoms with Crippen LogP contribution < -0.4 is 0 Å². The van der Waals surface area contributed by atoms with Gasteiger partial charge in [0.1, 0.15) is 6.54 Å². The molecule has 2 aromatic carbocycles. The molecular formula is C29H34ClN3O2. The van der Waals surface area contributed by atoms with Crippen LogP contribution in [0, 0.1) is 5.92 Å². The van der Waals surface area contributed by atoms with Crippen LogP contribution in [-0.4, -0.2) is 45.8 Å². The smallest absolute Gasteiger partial charge is 0.247 e. The van der Waals surface area contributed by atoms with E-state index in [1.807, 2.05) is 84.8 Å². The average molecular weight is 492 g/mol. The number of amides is 2. The largest absolute Gasteiger partial charge is 0.345 e. The summed E-state index contributed by atoms with van der Waals surface area (Å²) in [5, 5.41) is 0.725. The second-order valence-electron chi connectivity index (χ2n) is 8.98. The second-order valence-corrected chi connectivity index (χ2v) is 9.39. The van der Waals surface area contributed by atoms with Gasteiger partial charge in [-0.3, -0.25) is 9.59 Å². The number of carbonyl (C=O) groups is 2. The standard InChI is InChI=1S/C29H34ClN3O2/c1-4-31(28(34)17-16-24-11-6-5-7-12-24)22-29(35)33(19-23(2)3)21-26-14-10-18-32(26)20-25-13-8-9-15-27(25)30/h5-18,23H,4,19-22H2,1-3H3/b17-16+. The van der Waals surface area contributed by atoms with E-state index in [2.05, 4.69) is 18.4 Å². The van der Waals surface area contributed by atoms with E-state index in [-0.39, 0.29) is 18.4 Å². The molecule has 1 heterocycles. The molecule has 0 aliphatic heterocycles. The lowest BCUT2D eigenvalue weighted by molar-refractivity contribution is -0.138. The zero-order chi connectivity index (χ0) is 25.2. The summed E-state index contributed by atoms with van der Waals surface area (Å²) in [5.41, 5.74) is 3.00. The zero-order valence-electron chi connectivity index (χ0n) is 20.7. The molecule has 2 amide bonds. The van der Waals surface area contributed by atoms with Crippen molar-refractivity contribution in [3.05, 3.63) is 101 Å². The van der Waals surface area contributed by atoms with Crippen molar-refractivity contribution in [3.63, 3.8) is 0 Å². The van der Waals surface area contributed by atoms with Gasteiger partial charge in [-0.1, -0.05) is 74.0 Å². The second kappa shape index (κ2) is 13.0. The number of carbonyl (C=O) groups excluding carboxylic acids is 2. The summed E-state index contributed by atoms with van der Waals surface area (Å²) in [7, 11) is 0. The van der Waals surface area contributed by atoms with E-state index in [0.29, 0.717) is 32.1 Å². The van der Waals surface area contributed by atoms with Gasteiger partial charge in [0.15, 0.2) is 0 Å². The van der Waals surface area contributed by atoms with Crippen molar-refractivity contribution in [1.82, 2.24) is 14.4 Å². The van der Waals surface area contributed by atoms with E-state index in [1.165, 1.54) is 6.08 Å². The molecule has 0 atom stereocenters. The Labute approximate surface area is 213 Å². The normalized spacial score (nSPS) is 11.2. The molecule has 0 aliphatic rings. The van der Waals surface area contributed by atoms with Crippen molar-refractivity contribution >= 4 is 29.5 Å². The van der Waals surface area contributed by atoms with Crippen molar-refractivity contribution in [2.45, 2.75) is 33.9 Å². The molecule has 0 aliphatic carbocycles. The van der Waals surface area contributed by atoms with Gasteiger partial charge < -0.3 is 14.4 Å². The molecule has 6 heteroatoms. The number of rotatable bonds is 11. The van der Waals surface area contributed by atoms with Gasteiger partial charge in [-0.05, 0) is 48.2 Å². The monoisotopic (exact) mass is 491 g/mol. The van der Waals surface area contributed by atoms with Crippen LogP contribution in [-0.2, 0) is 22.7 Å². The first-order valence-corrected chi connectivity index (χ1v) is 12.4. The molecule has 1 aromatic heterocycles. The van der Waals surface area contributed by atoms with E-state index < -0.39 is 0 Å². The predicted octanol–water partition coefficient (Wildman–Crippen LogP) is 5.74. The summed E-state index contributed by atoms with van der Waals surface area (Å²) in [5.74, 6) is 0.0680. The van der Waals surface area contributed by atoms with E-state index in [1.54, 1.807) is 11.0 Å². The van der Waals surface area contributed by atoms with Crippen LogP contribution in [0.15, 0.2) is 79.0 Å². The zero-order valence-corrected chi connectivity index (χ0v) is 21.5. The van der Waals surface area contributed by atoms with E-state index >= 15 is 0 Å². The van der Waals surface area contributed by atoms with E-state index in [0.717, 1.165) is 21.8 Å². The molecule has 184 valence electrons. The Bertz CT molecular complexity index is 1140. The number of aromatic nitrogens is 1. The third-order valence-electron chi connectivity index (χ3n) is 5.75. The van der Waals surface area contributed by atoms with Crippen molar-refractivity contribution in [2.75, 3.05) is 19.6 Å². The Kier molecular flexibility index (Phi) is 9.74. The maximum atomic E-state index is 13.4. The van der Waals surface area contributed by atoms with Crippen molar-refractivity contribution < 1.29 is 9.59 Å². The number of hydrogen-bond donors (Lipinski definition) is 0. The van der Waals surface area contributed by atoms with Gasteiger partial charge in [0.05, 0.1) is 6.54 Å². The molecule has 0 bridgehead atoms. The van der Waals surface area contributed by atoms with Crippen LogP contribution in [0.5, 0.6) is 0 Å². The predicted molar refractivity (Wildman–Crippen MR) is 143 cm³/mol.